The fourth-order valence-electron chi connectivity index (χ4n) is 0.937. The van der Waals surface area contributed by atoms with Gasteiger partial charge in [-0.25, -0.2) is 0 Å². The number of aryl methyl sites for hydroxylation is 1. The summed E-state index contributed by atoms with van der Waals surface area (Å²) in [4.78, 5) is 0. The second-order valence-electron chi connectivity index (χ2n) is 2.85. The summed E-state index contributed by atoms with van der Waals surface area (Å²) in [6.07, 6.45) is 0.228. The van der Waals surface area contributed by atoms with Gasteiger partial charge in [0.1, 0.15) is 11.9 Å². The fraction of sp³-hybridized carbons (Fsp3) is 0.400. The van der Waals surface area contributed by atoms with Gasteiger partial charge in [0, 0.05) is 5.33 Å². The van der Waals surface area contributed by atoms with E-state index in [9.17, 15) is 0 Å². The highest BCUT2D eigenvalue weighted by atomic mass is 79.9. The Kier molecular flexibility index (Phi) is 3.60. The van der Waals surface area contributed by atoms with E-state index in [1.807, 2.05) is 25.1 Å². The molecule has 0 unspecified atom stereocenters. The molecule has 0 saturated carbocycles. The van der Waals surface area contributed by atoms with Crippen molar-refractivity contribution >= 4 is 15.9 Å². The molecule has 1 aromatic carbocycles. The van der Waals surface area contributed by atoms with Crippen LogP contribution in [0.2, 0.25) is 0 Å². The third kappa shape index (κ3) is 2.52. The molecule has 0 saturated heterocycles. The van der Waals surface area contributed by atoms with Crippen LogP contribution in [-0.2, 0) is 0 Å². The van der Waals surface area contributed by atoms with Crippen molar-refractivity contribution in [1.29, 1.82) is 0 Å². The molecule has 66 valence electrons. The zero-order valence-electron chi connectivity index (χ0n) is 7.38. The smallest absolute Gasteiger partial charge is 0.122 e. The van der Waals surface area contributed by atoms with E-state index < -0.39 is 0 Å². The summed E-state index contributed by atoms with van der Waals surface area (Å²) in [5.41, 5.74) is 1.19. The predicted molar refractivity (Wildman–Crippen MR) is 55.1 cm³/mol. The summed E-state index contributed by atoms with van der Waals surface area (Å²) >= 11 is 3.37. The first-order chi connectivity index (χ1) is 5.74. The molecule has 2 heteroatoms. The summed E-state index contributed by atoms with van der Waals surface area (Å²) in [5, 5.41) is 0.862. The summed E-state index contributed by atoms with van der Waals surface area (Å²) in [6.45, 7) is 4.09. The third-order valence-corrected chi connectivity index (χ3v) is 2.55. The molecule has 12 heavy (non-hydrogen) atoms. The first-order valence-electron chi connectivity index (χ1n) is 4.02. The monoisotopic (exact) mass is 228 g/mol. The maximum Gasteiger partial charge on any atom is 0.122 e. The summed E-state index contributed by atoms with van der Waals surface area (Å²) < 4.78 is 5.65. The average Bonchev–Trinajstić information content (AvgIpc) is 2.09. The summed E-state index contributed by atoms with van der Waals surface area (Å²) in [6, 6.07) is 8.05. The number of hydrogen-bond donors (Lipinski definition) is 0. The number of para-hydroxylation sites is 1. The van der Waals surface area contributed by atoms with Crippen LogP contribution in [0.4, 0.5) is 0 Å². The molecule has 0 radical (unpaired) electrons. The van der Waals surface area contributed by atoms with Crippen molar-refractivity contribution in [2.24, 2.45) is 0 Å². The largest absolute Gasteiger partial charge is 0.490 e. The van der Waals surface area contributed by atoms with Crippen molar-refractivity contribution in [3.05, 3.63) is 29.8 Å². The quantitative estimate of drug-likeness (QED) is 0.723. The average molecular weight is 229 g/mol. The zero-order chi connectivity index (χ0) is 8.97. The Labute approximate surface area is 81.9 Å². The van der Waals surface area contributed by atoms with Gasteiger partial charge in [0.25, 0.3) is 0 Å². The van der Waals surface area contributed by atoms with Crippen molar-refractivity contribution in [3.63, 3.8) is 0 Å². The van der Waals surface area contributed by atoms with Gasteiger partial charge in [0.05, 0.1) is 0 Å². The van der Waals surface area contributed by atoms with Crippen molar-refractivity contribution in [2.45, 2.75) is 20.0 Å². The van der Waals surface area contributed by atoms with Crippen molar-refractivity contribution in [2.75, 3.05) is 5.33 Å². The van der Waals surface area contributed by atoms with Gasteiger partial charge in [-0.1, -0.05) is 34.1 Å². The Bertz CT molecular complexity index is 247. The molecular weight excluding hydrogens is 216 g/mol. The molecule has 0 spiro atoms. The van der Waals surface area contributed by atoms with Crippen molar-refractivity contribution < 1.29 is 4.74 Å². The Balaban J connectivity index is 2.69. The van der Waals surface area contributed by atoms with E-state index in [-0.39, 0.29) is 6.10 Å². The SMILES string of the molecule is Cc1ccccc1O[C@@H](C)CBr. The zero-order valence-corrected chi connectivity index (χ0v) is 8.97. The highest BCUT2D eigenvalue weighted by Crippen LogP contribution is 2.17. The van der Waals surface area contributed by atoms with E-state index in [1.165, 1.54) is 5.56 Å². The lowest BCUT2D eigenvalue weighted by molar-refractivity contribution is 0.246. The minimum atomic E-state index is 0.228. The van der Waals surface area contributed by atoms with Crippen LogP contribution in [0.25, 0.3) is 0 Å². The number of hydrogen-bond acceptors (Lipinski definition) is 1. The van der Waals surface area contributed by atoms with Gasteiger partial charge in [-0.2, -0.15) is 0 Å². The van der Waals surface area contributed by atoms with E-state index in [0.717, 1.165) is 11.1 Å². The minimum Gasteiger partial charge on any atom is -0.490 e. The molecular formula is C10H13BrO. The second kappa shape index (κ2) is 4.51. The van der Waals surface area contributed by atoms with Crippen LogP contribution in [0.3, 0.4) is 0 Å². The number of alkyl halides is 1. The van der Waals surface area contributed by atoms with Crippen LogP contribution in [0.1, 0.15) is 12.5 Å². The molecule has 0 aliphatic carbocycles. The molecule has 0 bridgehead atoms. The minimum absolute atomic E-state index is 0.228. The van der Waals surface area contributed by atoms with Gasteiger partial charge in [0.15, 0.2) is 0 Å². The fourth-order valence-corrected chi connectivity index (χ4v) is 1.07. The molecule has 0 fully saturated rings. The van der Waals surface area contributed by atoms with Crippen molar-refractivity contribution in [1.82, 2.24) is 0 Å². The van der Waals surface area contributed by atoms with Crippen LogP contribution in [-0.4, -0.2) is 11.4 Å². The standard InChI is InChI=1S/C10H13BrO/c1-8-5-3-4-6-10(8)12-9(2)7-11/h3-6,9H,7H2,1-2H3/t9-/m0/s1. The molecule has 0 amide bonds. The van der Waals surface area contributed by atoms with E-state index in [0.29, 0.717) is 0 Å². The molecule has 0 heterocycles. The lowest BCUT2D eigenvalue weighted by Gasteiger charge is -2.13. The van der Waals surface area contributed by atoms with Crippen LogP contribution in [0.15, 0.2) is 24.3 Å². The van der Waals surface area contributed by atoms with Gasteiger partial charge in [-0.15, -0.1) is 0 Å². The normalized spacial score (nSPS) is 12.6. The Morgan fingerprint density at radius 2 is 2.08 bits per heavy atom. The molecule has 1 nitrogen and oxygen atoms in total. The molecule has 0 N–H and O–H groups in total. The topological polar surface area (TPSA) is 9.23 Å². The number of halogens is 1. The van der Waals surface area contributed by atoms with E-state index in [2.05, 4.69) is 28.9 Å². The first-order valence-corrected chi connectivity index (χ1v) is 5.14. The number of ether oxygens (including phenoxy) is 1. The Morgan fingerprint density at radius 3 is 2.67 bits per heavy atom. The molecule has 0 aliphatic rings. The van der Waals surface area contributed by atoms with Gasteiger partial charge in [-0.05, 0) is 25.5 Å². The van der Waals surface area contributed by atoms with Gasteiger partial charge < -0.3 is 4.74 Å². The van der Waals surface area contributed by atoms with Crippen LogP contribution >= 0.6 is 15.9 Å². The Morgan fingerprint density at radius 1 is 1.42 bits per heavy atom. The predicted octanol–water partition coefficient (Wildman–Crippen LogP) is 3.16. The lowest BCUT2D eigenvalue weighted by Crippen LogP contribution is -2.13. The van der Waals surface area contributed by atoms with Crippen LogP contribution in [0.5, 0.6) is 5.75 Å². The van der Waals surface area contributed by atoms with E-state index >= 15 is 0 Å². The highest BCUT2D eigenvalue weighted by molar-refractivity contribution is 9.09. The highest BCUT2D eigenvalue weighted by Gasteiger charge is 2.02. The first kappa shape index (κ1) is 9.59. The Hall–Kier alpha value is -0.500. The third-order valence-electron chi connectivity index (χ3n) is 1.64. The van der Waals surface area contributed by atoms with Crippen LogP contribution < -0.4 is 4.74 Å². The van der Waals surface area contributed by atoms with Gasteiger partial charge in [-0.3, -0.25) is 0 Å². The number of benzene rings is 1. The van der Waals surface area contributed by atoms with E-state index in [4.69, 9.17) is 4.74 Å². The van der Waals surface area contributed by atoms with Gasteiger partial charge in [0.2, 0.25) is 0 Å². The summed E-state index contributed by atoms with van der Waals surface area (Å²) in [7, 11) is 0. The summed E-state index contributed by atoms with van der Waals surface area (Å²) in [5.74, 6) is 0.976. The molecule has 0 aromatic heterocycles. The molecule has 1 atom stereocenters. The lowest BCUT2D eigenvalue weighted by atomic mass is 10.2. The molecule has 0 aliphatic heterocycles. The maximum absolute atomic E-state index is 5.65. The van der Waals surface area contributed by atoms with Crippen LogP contribution in [0, 0.1) is 6.92 Å². The van der Waals surface area contributed by atoms with Gasteiger partial charge >= 0.3 is 0 Å². The molecule has 1 aromatic rings. The second-order valence-corrected chi connectivity index (χ2v) is 3.50. The molecule has 1 rings (SSSR count). The van der Waals surface area contributed by atoms with E-state index in [1.54, 1.807) is 0 Å². The number of rotatable bonds is 3. The van der Waals surface area contributed by atoms with Crippen molar-refractivity contribution in [3.8, 4) is 5.75 Å². The maximum atomic E-state index is 5.65.